The van der Waals surface area contributed by atoms with Crippen LogP contribution in [0.3, 0.4) is 0 Å². The third-order valence-corrected chi connectivity index (χ3v) is 21.0. The fourth-order valence-electron chi connectivity index (χ4n) is 15.9. The Morgan fingerprint density at radius 2 is 1.68 bits per heavy atom. The Bertz CT molecular complexity index is 2220. The minimum atomic E-state index is -2.88. The molecule has 62 heavy (non-hydrogen) atoms. The van der Waals surface area contributed by atoms with Crippen molar-refractivity contribution >= 4 is 15.8 Å². The SMILES string of the molecule is C=C(C)[C@@H]1CC[C@]2(NCCN3CCS(=O)(=O)CC3)CC[C@]3(C)[C@H](CC[C@@H]4[C@@]5(C)CC=C(C6=CCC(COc7cnnn7-c7ccccc7)(C(=O)O)CC6)C(C)(C)[C@@H]5CC[C@]43C)[C@@H]12. The number of hydrogen-bond donors (Lipinski definition) is 2. The molecular weight excluding hydrogens is 795 g/mol. The molecule has 1 aromatic carbocycles. The second-order valence-corrected chi connectivity index (χ2v) is 24.7. The minimum absolute atomic E-state index is 0.0217. The van der Waals surface area contributed by atoms with Gasteiger partial charge in [0.15, 0.2) is 9.84 Å². The van der Waals surface area contributed by atoms with E-state index in [1.807, 2.05) is 30.3 Å². The predicted molar refractivity (Wildman–Crippen MR) is 245 cm³/mol. The largest absolute Gasteiger partial charge is 0.481 e. The zero-order valence-corrected chi connectivity index (χ0v) is 39.2. The Morgan fingerprint density at radius 3 is 2.37 bits per heavy atom. The van der Waals surface area contributed by atoms with Crippen LogP contribution in [0.2, 0.25) is 0 Å². The molecule has 2 aromatic rings. The highest BCUT2D eigenvalue weighted by atomic mass is 32.2. The third-order valence-electron chi connectivity index (χ3n) is 19.4. The van der Waals surface area contributed by atoms with Gasteiger partial charge in [0.1, 0.15) is 18.2 Å². The first-order chi connectivity index (χ1) is 29.4. The van der Waals surface area contributed by atoms with Crippen molar-refractivity contribution in [3.8, 4) is 11.6 Å². The summed E-state index contributed by atoms with van der Waals surface area (Å²) in [6.45, 7) is 23.2. The molecule has 2 heterocycles. The van der Waals surface area contributed by atoms with E-state index in [4.69, 9.17) is 4.74 Å². The number of carboxylic acids is 1. The van der Waals surface area contributed by atoms with E-state index in [0.29, 0.717) is 61.4 Å². The molecule has 6 aliphatic carbocycles. The van der Waals surface area contributed by atoms with E-state index < -0.39 is 21.2 Å². The van der Waals surface area contributed by atoms with E-state index in [-0.39, 0.29) is 45.3 Å². The summed E-state index contributed by atoms with van der Waals surface area (Å²) in [4.78, 5) is 15.3. The standard InChI is InChI=1S/C51H73N5O5S/c1-35(2)38-17-24-51(52-27-28-55-29-31-62(59,60)32-30-55)26-25-48(6)40(44(38)51)13-14-42-47(5)20-18-39(46(3,4)41(47)19-21-49(42,48)7)36-15-22-50(23-16-36,45(57)58)34-61-43-33-53-54-56(43)37-11-9-8-10-12-37/h8-12,15,18,33,38,40-42,44,52H,1,13-14,16-17,19-32,34H2,2-7H3,(H,57,58)/t38-,40+,41-,42+,44+,47-,48+,49+,50?,51-/m0/s1. The molecule has 7 aliphatic rings. The van der Waals surface area contributed by atoms with Gasteiger partial charge in [0.05, 0.1) is 17.2 Å². The molecule has 9 rings (SSSR count). The average molecular weight is 868 g/mol. The zero-order valence-electron chi connectivity index (χ0n) is 38.4. The molecule has 1 saturated heterocycles. The summed E-state index contributed by atoms with van der Waals surface area (Å²) < 4.78 is 32.1. The monoisotopic (exact) mass is 868 g/mol. The second kappa shape index (κ2) is 15.7. The highest BCUT2D eigenvalue weighted by Gasteiger charge is 2.70. The molecule has 0 radical (unpaired) electrons. The Labute approximate surface area is 371 Å². The number of nitrogens with zero attached hydrogens (tertiary/aromatic N) is 4. The van der Waals surface area contributed by atoms with Gasteiger partial charge in [-0.05, 0) is 159 Å². The number of rotatable bonds is 11. The van der Waals surface area contributed by atoms with Crippen molar-refractivity contribution in [2.24, 2.45) is 56.7 Å². The van der Waals surface area contributed by atoms with E-state index >= 15 is 0 Å². The molecule has 1 aromatic heterocycles. The van der Waals surface area contributed by atoms with Gasteiger partial charge in [0.2, 0.25) is 5.88 Å². The van der Waals surface area contributed by atoms with Crippen LogP contribution in [0.5, 0.6) is 5.88 Å². The molecule has 11 heteroatoms. The number of hydrogen-bond acceptors (Lipinski definition) is 8. The molecule has 2 N–H and O–H groups in total. The summed E-state index contributed by atoms with van der Waals surface area (Å²) in [5.74, 6) is 3.19. The lowest BCUT2D eigenvalue weighted by molar-refractivity contribution is -0.221. The highest BCUT2D eigenvalue weighted by Crippen LogP contribution is 2.76. The molecule has 0 bridgehead atoms. The van der Waals surface area contributed by atoms with Crippen LogP contribution in [0.4, 0.5) is 0 Å². The number of carboxylic acid groups (broad SMARTS) is 1. The lowest BCUT2D eigenvalue weighted by Crippen LogP contribution is -2.68. The van der Waals surface area contributed by atoms with Crippen LogP contribution in [-0.4, -0.2) is 89.2 Å². The third kappa shape index (κ3) is 6.99. The number of benzene rings is 1. The van der Waals surface area contributed by atoms with Gasteiger partial charge in [-0.2, -0.15) is 4.68 Å². The lowest BCUT2D eigenvalue weighted by atomic mass is 9.33. The maximum Gasteiger partial charge on any atom is 0.313 e. The van der Waals surface area contributed by atoms with Crippen molar-refractivity contribution in [1.82, 2.24) is 25.2 Å². The number of nitrogens with one attached hydrogen (secondary N) is 1. The fraction of sp³-hybridized carbons (Fsp3) is 0.706. The second-order valence-electron chi connectivity index (χ2n) is 22.4. The summed E-state index contributed by atoms with van der Waals surface area (Å²) in [5, 5.41) is 23.1. The Hall–Kier alpha value is -3.28. The van der Waals surface area contributed by atoms with Crippen LogP contribution in [-0.2, 0) is 14.6 Å². The maximum absolute atomic E-state index is 13.0. The molecule has 10 atom stereocenters. The Morgan fingerprint density at radius 1 is 0.919 bits per heavy atom. The van der Waals surface area contributed by atoms with Gasteiger partial charge in [0, 0.05) is 31.7 Å². The number of sulfone groups is 1. The van der Waals surface area contributed by atoms with E-state index in [1.54, 1.807) is 10.9 Å². The van der Waals surface area contributed by atoms with E-state index in [9.17, 15) is 18.3 Å². The van der Waals surface area contributed by atoms with Crippen LogP contribution in [0.15, 0.2) is 72.0 Å². The van der Waals surface area contributed by atoms with Gasteiger partial charge in [0.25, 0.3) is 0 Å². The first kappa shape index (κ1) is 43.9. The van der Waals surface area contributed by atoms with Crippen LogP contribution in [0, 0.1) is 56.7 Å². The quantitative estimate of drug-likeness (QED) is 0.213. The van der Waals surface area contributed by atoms with Crippen molar-refractivity contribution in [1.29, 1.82) is 0 Å². The molecule has 10 nitrogen and oxygen atoms in total. The average Bonchev–Trinajstić information content (AvgIpc) is 3.87. The summed E-state index contributed by atoms with van der Waals surface area (Å²) in [6.07, 6.45) is 19.1. The lowest BCUT2D eigenvalue weighted by Gasteiger charge is -2.72. The Balaban J connectivity index is 0.921. The van der Waals surface area contributed by atoms with Gasteiger partial charge in [-0.3, -0.25) is 4.79 Å². The fourth-order valence-corrected chi connectivity index (χ4v) is 17.1. The molecule has 0 spiro atoms. The first-order valence-corrected chi connectivity index (χ1v) is 25.8. The zero-order chi connectivity index (χ0) is 43.9. The molecule has 338 valence electrons. The van der Waals surface area contributed by atoms with Gasteiger partial charge in [-0.15, -0.1) is 5.10 Å². The van der Waals surface area contributed by atoms with Crippen LogP contribution in [0.25, 0.3) is 5.69 Å². The Kier molecular flexibility index (Phi) is 11.1. The van der Waals surface area contributed by atoms with Crippen LogP contribution >= 0.6 is 0 Å². The summed E-state index contributed by atoms with van der Waals surface area (Å²) >= 11 is 0. The number of aliphatic carboxylic acids is 1. The highest BCUT2D eigenvalue weighted by molar-refractivity contribution is 7.91. The number of para-hydroxylation sites is 1. The van der Waals surface area contributed by atoms with Crippen molar-refractivity contribution in [3.05, 3.63) is 72.0 Å². The van der Waals surface area contributed by atoms with Crippen LogP contribution in [0.1, 0.15) is 119 Å². The molecule has 4 saturated carbocycles. The summed E-state index contributed by atoms with van der Waals surface area (Å²) in [6, 6.07) is 9.67. The molecule has 1 aliphatic heterocycles. The smallest absolute Gasteiger partial charge is 0.313 e. The van der Waals surface area contributed by atoms with E-state index in [1.165, 1.54) is 68.1 Å². The van der Waals surface area contributed by atoms with Gasteiger partial charge in [-0.1, -0.05) is 82.3 Å². The van der Waals surface area contributed by atoms with Crippen molar-refractivity contribution < 1.29 is 23.1 Å². The number of fused-ring (bicyclic) bond motifs is 7. The first-order valence-electron chi connectivity index (χ1n) is 23.9. The van der Waals surface area contributed by atoms with Crippen molar-refractivity contribution in [3.63, 3.8) is 0 Å². The van der Waals surface area contributed by atoms with Gasteiger partial charge < -0.3 is 20.1 Å². The summed E-state index contributed by atoms with van der Waals surface area (Å²) in [5.41, 5.74) is 4.73. The molecular formula is C51H73N5O5S. The predicted octanol–water partition coefficient (Wildman–Crippen LogP) is 9.09. The molecule has 1 unspecified atom stereocenters. The number of allylic oxidation sites excluding steroid dienone is 5. The van der Waals surface area contributed by atoms with Crippen molar-refractivity contribution in [2.75, 3.05) is 44.3 Å². The minimum Gasteiger partial charge on any atom is -0.481 e. The maximum atomic E-state index is 13.0. The van der Waals surface area contributed by atoms with E-state index in [0.717, 1.165) is 31.6 Å². The van der Waals surface area contributed by atoms with Crippen LogP contribution < -0.4 is 10.1 Å². The summed E-state index contributed by atoms with van der Waals surface area (Å²) in [7, 11) is -2.88. The number of ether oxygens (including phenoxy) is 1. The normalized spacial score (nSPS) is 39.9. The van der Waals surface area contributed by atoms with Gasteiger partial charge in [-0.25, -0.2) is 8.42 Å². The topological polar surface area (TPSA) is 127 Å². The van der Waals surface area contributed by atoms with E-state index in [2.05, 4.69) is 80.8 Å². The van der Waals surface area contributed by atoms with Crippen molar-refractivity contribution in [2.45, 2.75) is 124 Å². The number of carbonyl (C=O) groups is 1. The number of aromatic nitrogens is 3. The molecule has 5 fully saturated rings. The molecule has 0 amide bonds. The van der Waals surface area contributed by atoms with Gasteiger partial charge >= 0.3 is 5.97 Å².